The summed E-state index contributed by atoms with van der Waals surface area (Å²) in [6.45, 7) is 1.74. The van der Waals surface area contributed by atoms with Gasteiger partial charge < -0.3 is 10.4 Å². The van der Waals surface area contributed by atoms with Crippen molar-refractivity contribution >= 4 is 27.5 Å². The van der Waals surface area contributed by atoms with E-state index >= 15 is 0 Å². The zero-order valence-corrected chi connectivity index (χ0v) is 11.7. The minimum atomic E-state index is -0.600. The molecule has 0 aliphatic heterocycles. The zero-order valence-electron chi connectivity index (χ0n) is 10.1. The van der Waals surface area contributed by atoms with Gasteiger partial charge in [0, 0.05) is 16.2 Å². The minimum Gasteiger partial charge on any atom is -0.508 e. The van der Waals surface area contributed by atoms with E-state index in [0.29, 0.717) is 15.7 Å². The van der Waals surface area contributed by atoms with Crippen molar-refractivity contribution in [3.05, 3.63) is 57.8 Å². The Morgan fingerprint density at radius 3 is 2.68 bits per heavy atom. The second-order valence-corrected chi connectivity index (χ2v) is 5.00. The molecule has 0 saturated heterocycles. The van der Waals surface area contributed by atoms with E-state index in [1.54, 1.807) is 19.1 Å². The highest BCUT2D eigenvalue weighted by Crippen LogP contribution is 2.22. The molecule has 19 heavy (non-hydrogen) atoms. The van der Waals surface area contributed by atoms with Crippen LogP contribution in [-0.2, 0) is 0 Å². The van der Waals surface area contributed by atoms with E-state index in [1.165, 1.54) is 24.3 Å². The molecule has 2 aromatic rings. The van der Waals surface area contributed by atoms with Crippen LogP contribution in [0.25, 0.3) is 0 Å². The first kappa shape index (κ1) is 13.5. The van der Waals surface area contributed by atoms with Crippen LogP contribution in [0.1, 0.15) is 15.9 Å². The van der Waals surface area contributed by atoms with Gasteiger partial charge in [-0.25, -0.2) is 4.39 Å². The smallest absolute Gasteiger partial charge is 0.258 e. The van der Waals surface area contributed by atoms with Crippen LogP contribution in [0.5, 0.6) is 5.75 Å². The molecule has 0 atom stereocenters. The number of hydrogen-bond acceptors (Lipinski definition) is 2. The monoisotopic (exact) mass is 323 g/mol. The van der Waals surface area contributed by atoms with E-state index in [1.807, 2.05) is 0 Å². The first-order valence-corrected chi connectivity index (χ1v) is 6.32. The van der Waals surface area contributed by atoms with Crippen LogP contribution in [0.4, 0.5) is 10.1 Å². The van der Waals surface area contributed by atoms with Crippen LogP contribution in [0.15, 0.2) is 40.9 Å². The number of hydrogen-bond donors (Lipinski definition) is 2. The summed E-state index contributed by atoms with van der Waals surface area (Å²) in [6, 6.07) is 8.86. The lowest BCUT2D eigenvalue weighted by Crippen LogP contribution is -2.13. The van der Waals surface area contributed by atoms with Crippen molar-refractivity contribution in [3.63, 3.8) is 0 Å². The molecule has 98 valence electrons. The third-order valence-electron chi connectivity index (χ3n) is 2.64. The van der Waals surface area contributed by atoms with Crippen molar-refractivity contribution in [2.24, 2.45) is 0 Å². The Bertz CT molecular complexity index is 643. The summed E-state index contributed by atoms with van der Waals surface area (Å²) in [6.07, 6.45) is 0. The molecule has 0 bridgehead atoms. The summed E-state index contributed by atoms with van der Waals surface area (Å²) < 4.78 is 14.2. The second kappa shape index (κ2) is 5.40. The van der Waals surface area contributed by atoms with Gasteiger partial charge >= 0.3 is 0 Å². The Balaban J connectivity index is 2.25. The molecule has 0 aromatic heterocycles. The lowest BCUT2D eigenvalue weighted by Gasteiger charge is -2.08. The van der Waals surface area contributed by atoms with Crippen LogP contribution in [0, 0.1) is 12.7 Å². The Hall–Kier alpha value is -1.88. The van der Waals surface area contributed by atoms with Crippen LogP contribution >= 0.6 is 15.9 Å². The molecule has 0 unspecified atom stereocenters. The highest BCUT2D eigenvalue weighted by Gasteiger charge is 2.12. The quantitative estimate of drug-likeness (QED) is 0.881. The van der Waals surface area contributed by atoms with Gasteiger partial charge in [-0.1, -0.05) is 22.0 Å². The molecule has 5 heteroatoms. The van der Waals surface area contributed by atoms with Crippen LogP contribution < -0.4 is 5.32 Å². The average Bonchev–Trinajstić information content (AvgIpc) is 2.36. The van der Waals surface area contributed by atoms with Gasteiger partial charge in [0.05, 0.1) is 5.56 Å². The molecule has 1 amide bonds. The van der Waals surface area contributed by atoms with E-state index in [4.69, 9.17) is 0 Å². The van der Waals surface area contributed by atoms with E-state index in [2.05, 4.69) is 21.2 Å². The van der Waals surface area contributed by atoms with Gasteiger partial charge in [-0.2, -0.15) is 0 Å². The van der Waals surface area contributed by atoms with Crippen molar-refractivity contribution in [2.75, 3.05) is 5.32 Å². The largest absolute Gasteiger partial charge is 0.508 e. The molecule has 0 fully saturated rings. The number of nitrogens with one attached hydrogen (secondary N) is 1. The standard InChI is InChI=1S/C14H11BrFNO2/c1-8-2-4-10(7-13(8)18)17-14(19)11-6-9(15)3-5-12(11)16/h2-7,18H,1H3,(H,17,19). The lowest BCUT2D eigenvalue weighted by atomic mass is 10.1. The maximum absolute atomic E-state index is 13.5. The van der Waals surface area contributed by atoms with Crippen LogP contribution in [-0.4, -0.2) is 11.0 Å². The molecular formula is C14H11BrFNO2. The fraction of sp³-hybridized carbons (Fsp3) is 0.0714. The Kier molecular flexibility index (Phi) is 3.85. The normalized spacial score (nSPS) is 10.3. The van der Waals surface area contributed by atoms with Gasteiger partial charge in [0.25, 0.3) is 5.91 Å². The number of anilines is 1. The number of carbonyl (C=O) groups is 1. The molecule has 2 N–H and O–H groups in total. The van der Waals surface area contributed by atoms with Gasteiger partial charge in [0.15, 0.2) is 0 Å². The molecule has 0 aliphatic carbocycles. The highest BCUT2D eigenvalue weighted by molar-refractivity contribution is 9.10. The summed E-state index contributed by atoms with van der Waals surface area (Å²) in [5, 5.41) is 12.1. The fourth-order valence-electron chi connectivity index (χ4n) is 1.56. The van der Waals surface area contributed by atoms with Crippen molar-refractivity contribution in [1.29, 1.82) is 0 Å². The zero-order chi connectivity index (χ0) is 14.0. The van der Waals surface area contributed by atoms with Gasteiger partial charge in [0.1, 0.15) is 11.6 Å². The predicted octanol–water partition coefficient (Wildman–Crippen LogP) is 3.85. The summed E-state index contributed by atoms with van der Waals surface area (Å²) in [4.78, 5) is 11.9. The number of phenolic OH excluding ortho intramolecular Hbond substituents is 1. The first-order chi connectivity index (χ1) is 8.97. The highest BCUT2D eigenvalue weighted by atomic mass is 79.9. The SMILES string of the molecule is Cc1ccc(NC(=O)c2cc(Br)ccc2F)cc1O. The lowest BCUT2D eigenvalue weighted by molar-refractivity contribution is 0.102. The maximum Gasteiger partial charge on any atom is 0.258 e. The third kappa shape index (κ3) is 3.12. The molecule has 2 rings (SSSR count). The number of aryl methyl sites for hydroxylation is 1. The Morgan fingerprint density at radius 1 is 1.26 bits per heavy atom. The van der Waals surface area contributed by atoms with Crippen LogP contribution in [0.2, 0.25) is 0 Å². The number of carbonyl (C=O) groups excluding carboxylic acids is 1. The number of aromatic hydroxyl groups is 1. The molecular weight excluding hydrogens is 313 g/mol. The summed E-state index contributed by atoms with van der Waals surface area (Å²) in [5.41, 5.74) is 1.05. The van der Waals surface area contributed by atoms with E-state index in [0.717, 1.165) is 0 Å². The van der Waals surface area contributed by atoms with E-state index in [-0.39, 0.29) is 11.3 Å². The Labute approximate surface area is 118 Å². The number of amides is 1. The average molecular weight is 324 g/mol. The third-order valence-corrected chi connectivity index (χ3v) is 3.13. The van der Waals surface area contributed by atoms with Gasteiger partial charge in [0.2, 0.25) is 0 Å². The van der Waals surface area contributed by atoms with Crippen molar-refractivity contribution in [2.45, 2.75) is 6.92 Å². The van der Waals surface area contributed by atoms with Crippen molar-refractivity contribution in [1.82, 2.24) is 0 Å². The molecule has 0 radical (unpaired) electrons. The molecule has 0 heterocycles. The predicted molar refractivity (Wildman–Crippen MR) is 74.9 cm³/mol. The maximum atomic E-state index is 13.5. The summed E-state index contributed by atoms with van der Waals surface area (Å²) >= 11 is 3.18. The fourth-order valence-corrected chi connectivity index (χ4v) is 1.92. The molecule has 0 spiro atoms. The van der Waals surface area contributed by atoms with Gasteiger partial charge in [-0.15, -0.1) is 0 Å². The second-order valence-electron chi connectivity index (χ2n) is 4.08. The number of rotatable bonds is 2. The molecule has 2 aromatic carbocycles. The van der Waals surface area contributed by atoms with Crippen LogP contribution in [0.3, 0.4) is 0 Å². The minimum absolute atomic E-state index is 0.0607. The Morgan fingerprint density at radius 2 is 2.00 bits per heavy atom. The summed E-state index contributed by atoms with van der Waals surface area (Å²) in [7, 11) is 0. The molecule has 3 nitrogen and oxygen atoms in total. The molecule has 0 aliphatic rings. The number of phenols is 1. The molecule has 0 saturated carbocycles. The topological polar surface area (TPSA) is 49.3 Å². The first-order valence-electron chi connectivity index (χ1n) is 5.53. The van der Waals surface area contributed by atoms with E-state index in [9.17, 15) is 14.3 Å². The summed E-state index contributed by atoms with van der Waals surface area (Å²) in [5.74, 6) is -1.09. The number of benzene rings is 2. The van der Waals surface area contributed by atoms with E-state index < -0.39 is 11.7 Å². The number of halogens is 2. The van der Waals surface area contributed by atoms with Crippen molar-refractivity contribution in [3.8, 4) is 5.75 Å². The van der Waals surface area contributed by atoms with Gasteiger partial charge in [-0.3, -0.25) is 4.79 Å². The van der Waals surface area contributed by atoms with Crippen molar-refractivity contribution < 1.29 is 14.3 Å². The van der Waals surface area contributed by atoms with Gasteiger partial charge in [-0.05, 0) is 36.8 Å².